The Morgan fingerprint density at radius 3 is 2.14 bits per heavy atom. The number of hydrogen-bond donors (Lipinski definition) is 1. The van der Waals surface area contributed by atoms with E-state index in [0.717, 1.165) is 11.0 Å². The lowest BCUT2D eigenvalue weighted by molar-refractivity contribution is 0.137. The van der Waals surface area contributed by atoms with Crippen molar-refractivity contribution in [1.82, 2.24) is 14.1 Å². The van der Waals surface area contributed by atoms with Gasteiger partial charge in [-0.3, -0.25) is 0 Å². The second kappa shape index (κ2) is 5.31. The van der Waals surface area contributed by atoms with Crippen molar-refractivity contribution in [3.8, 4) is 0 Å². The SMILES string of the molecule is OC(Cn1ccnc1)Cn1c2ccccc2c2ccccc21. The van der Waals surface area contributed by atoms with Crippen LogP contribution in [0.25, 0.3) is 21.8 Å². The van der Waals surface area contributed by atoms with E-state index in [2.05, 4.69) is 45.9 Å². The van der Waals surface area contributed by atoms with Crippen LogP contribution in [0.4, 0.5) is 0 Å². The van der Waals surface area contributed by atoms with E-state index in [1.54, 1.807) is 12.5 Å². The molecular weight excluding hydrogens is 274 g/mol. The normalized spacial score (nSPS) is 13.0. The molecule has 0 amide bonds. The number of aliphatic hydroxyl groups is 1. The Morgan fingerprint density at radius 2 is 1.55 bits per heavy atom. The van der Waals surface area contributed by atoms with Gasteiger partial charge in [-0.2, -0.15) is 0 Å². The average Bonchev–Trinajstić information content (AvgIpc) is 3.15. The fourth-order valence-corrected chi connectivity index (χ4v) is 3.11. The number of para-hydroxylation sites is 2. The van der Waals surface area contributed by atoms with Crippen LogP contribution in [0.5, 0.6) is 0 Å². The monoisotopic (exact) mass is 291 g/mol. The van der Waals surface area contributed by atoms with Gasteiger partial charge >= 0.3 is 0 Å². The minimum Gasteiger partial charge on any atom is -0.389 e. The molecule has 2 heterocycles. The lowest BCUT2D eigenvalue weighted by atomic mass is 10.2. The minimum atomic E-state index is -0.464. The maximum absolute atomic E-state index is 10.4. The molecule has 2 aromatic carbocycles. The van der Waals surface area contributed by atoms with Gasteiger partial charge in [0.1, 0.15) is 0 Å². The molecule has 4 rings (SSSR count). The van der Waals surface area contributed by atoms with Crippen LogP contribution < -0.4 is 0 Å². The van der Waals surface area contributed by atoms with Gasteiger partial charge in [-0.25, -0.2) is 4.98 Å². The van der Waals surface area contributed by atoms with E-state index in [9.17, 15) is 5.11 Å². The summed E-state index contributed by atoms with van der Waals surface area (Å²) in [7, 11) is 0. The van der Waals surface area contributed by atoms with Crippen molar-refractivity contribution in [1.29, 1.82) is 0 Å². The number of aliphatic hydroxyl groups excluding tert-OH is 1. The Labute approximate surface area is 128 Å². The fraction of sp³-hybridized carbons (Fsp3) is 0.167. The van der Waals surface area contributed by atoms with Crippen LogP contribution in [0.2, 0.25) is 0 Å². The molecule has 4 nitrogen and oxygen atoms in total. The molecule has 0 aliphatic carbocycles. The molecule has 1 N–H and O–H groups in total. The van der Waals surface area contributed by atoms with Gasteiger partial charge in [0, 0.05) is 34.2 Å². The van der Waals surface area contributed by atoms with Gasteiger partial charge in [-0.1, -0.05) is 36.4 Å². The predicted octanol–water partition coefficient (Wildman–Crippen LogP) is 3.05. The lowest BCUT2D eigenvalue weighted by Gasteiger charge is -2.14. The van der Waals surface area contributed by atoms with Crippen molar-refractivity contribution in [3.05, 3.63) is 67.3 Å². The zero-order valence-corrected chi connectivity index (χ0v) is 12.1. The van der Waals surface area contributed by atoms with Crippen molar-refractivity contribution >= 4 is 21.8 Å². The van der Waals surface area contributed by atoms with Crippen molar-refractivity contribution < 1.29 is 5.11 Å². The molecule has 4 aromatic rings. The third-order valence-electron chi connectivity index (χ3n) is 4.05. The van der Waals surface area contributed by atoms with Gasteiger partial charge in [0.05, 0.1) is 25.5 Å². The molecule has 4 heteroatoms. The number of rotatable bonds is 4. The van der Waals surface area contributed by atoms with Crippen molar-refractivity contribution in [2.75, 3.05) is 0 Å². The number of hydrogen-bond acceptors (Lipinski definition) is 2. The first-order valence-corrected chi connectivity index (χ1v) is 7.43. The van der Waals surface area contributed by atoms with E-state index >= 15 is 0 Å². The fourth-order valence-electron chi connectivity index (χ4n) is 3.11. The summed E-state index contributed by atoms with van der Waals surface area (Å²) in [5.41, 5.74) is 2.32. The third-order valence-corrected chi connectivity index (χ3v) is 4.05. The van der Waals surface area contributed by atoms with Crippen LogP contribution in [-0.4, -0.2) is 25.3 Å². The first kappa shape index (κ1) is 13.1. The standard InChI is InChI=1S/C18H17N3O/c22-14(11-20-10-9-19-13-20)12-21-17-7-3-1-5-15(17)16-6-2-4-8-18(16)21/h1-10,13-14,22H,11-12H2. The molecule has 110 valence electrons. The lowest BCUT2D eigenvalue weighted by Crippen LogP contribution is -2.21. The maximum atomic E-state index is 10.4. The Balaban J connectivity index is 1.76. The Morgan fingerprint density at radius 1 is 0.909 bits per heavy atom. The molecular formula is C18H17N3O. The largest absolute Gasteiger partial charge is 0.389 e. The second-order valence-electron chi connectivity index (χ2n) is 5.56. The van der Waals surface area contributed by atoms with E-state index in [1.807, 2.05) is 22.9 Å². The summed E-state index contributed by atoms with van der Waals surface area (Å²) >= 11 is 0. The van der Waals surface area contributed by atoms with E-state index < -0.39 is 6.10 Å². The van der Waals surface area contributed by atoms with Crippen molar-refractivity contribution in [2.45, 2.75) is 19.2 Å². The summed E-state index contributed by atoms with van der Waals surface area (Å²) in [4.78, 5) is 4.02. The zero-order valence-electron chi connectivity index (χ0n) is 12.1. The quantitative estimate of drug-likeness (QED) is 0.628. The molecule has 0 aliphatic heterocycles. The van der Waals surface area contributed by atoms with Crippen molar-refractivity contribution in [2.24, 2.45) is 0 Å². The summed E-state index contributed by atoms with van der Waals surface area (Å²) in [5, 5.41) is 12.9. The van der Waals surface area contributed by atoms with Gasteiger partial charge < -0.3 is 14.2 Å². The third kappa shape index (κ3) is 2.18. The number of nitrogens with zero attached hydrogens (tertiary/aromatic N) is 3. The molecule has 22 heavy (non-hydrogen) atoms. The van der Waals surface area contributed by atoms with E-state index in [-0.39, 0.29) is 0 Å². The van der Waals surface area contributed by atoms with Gasteiger partial charge in [-0.15, -0.1) is 0 Å². The molecule has 0 aliphatic rings. The number of fused-ring (bicyclic) bond motifs is 3. The topological polar surface area (TPSA) is 43.0 Å². The van der Waals surface area contributed by atoms with E-state index in [4.69, 9.17) is 0 Å². The highest BCUT2D eigenvalue weighted by Gasteiger charge is 2.13. The Hall–Kier alpha value is -2.59. The Kier molecular flexibility index (Phi) is 3.16. The van der Waals surface area contributed by atoms with Gasteiger partial charge in [0.2, 0.25) is 0 Å². The molecule has 0 radical (unpaired) electrons. The van der Waals surface area contributed by atoms with Crippen LogP contribution in [0.1, 0.15) is 0 Å². The van der Waals surface area contributed by atoms with E-state index in [1.165, 1.54) is 10.8 Å². The summed E-state index contributed by atoms with van der Waals surface area (Å²) in [6.45, 7) is 1.10. The highest BCUT2D eigenvalue weighted by Crippen LogP contribution is 2.28. The molecule has 0 saturated heterocycles. The van der Waals surface area contributed by atoms with Gasteiger partial charge in [0.25, 0.3) is 0 Å². The Bertz CT molecular complexity index is 855. The molecule has 0 saturated carbocycles. The first-order chi connectivity index (χ1) is 10.8. The van der Waals surface area contributed by atoms with Crippen molar-refractivity contribution in [3.63, 3.8) is 0 Å². The molecule has 0 spiro atoms. The van der Waals surface area contributed by atoms with Gasteiger partial charge in [0.15, 0.2) is 0 Å². The molecule has 1 atom stereocenters. The maximum Gasteiger partial charge on any atom is 0.0946 e. The summed E-state index contributed by atoms with van der Waals surface area (Å²) in [6.07, 6.45) is 4.87. The summed E-state index contributed by atoms with van der Waals surface area (Å²) < 4.78 is 4.10. The average molecular weight is 291 g/mol. The van der Waals surface area contributed by atoms with Gasteiger partial charge in [-0.05, 0) is 12.1 Å². The highest BCUT2D eigenvalue weighted by molar-refractivity contribution is 6.07. The highest BCUT2D eigenvalue weighted by atomic mass is 16.3. The van der Waals surface area contributed by atoms with E-state index in [0.29, 0.717) is 13.1 Å². The molecule has 1 unspecified atom stereocenters. The second-order valence-corrected chi connectivity index (χ2v) is 5.56. The molecule has 2 aromatic heterocycles. The van der Waals surface area contributed by atoms with Crippen LogP contribution >= 0.6 is 0 Å². The summed E-state index contributed by atoms with van der Waals surface area (Å²) in [5.74, 6) is 0. The summed E-state index contributed by atoms with van der Waals surface area (Å²) in [6, 6.07) is 16.7. The first-order valence-electron chi connectivity index (χ1n) is 7.43. The minimum absolute atomic E-state index is 0.464. The molecule has 0 bridgehead atoms. The van der Waals surface area contributed by atoms with Crippen LogP contribution in [0, 0.1) is 0 Å². The number of aromatic nitrogens is 3. The smallest absolute Gasteiger partial charge is 0.0946 e. The number of imidazole rings is 1. The van der Waals surface area contributed by atoms with Crippen LogP contribution in [0.15, 0.2) is 67.3 Å². The molecule has 0 fully saturated rings. The predicted molar refractivity (Wildman–Crippen MR) is 87.7 cm³/mol. The zero-order chi connectivity index (χ0) is 14.9. The van der Waals surface area contributed by atoms with Crippen LogP contribution in [0.3, 0.4) is 0 Å². The number of benzene rings is 2. The van der Waals surface area contributed by atoms with Crippen LogP contribution in [-0.2, 0) is 13.1 Å².